The fourth-order valence-corrected chi connectivity index (χ4v) is 6.62. The summed E-state index contributed by atoms with van der Waals surface area (Å²) in [5, 5.41) is 32.1. The molecule has 0 radical (unpaired) electrons. The van der Waals surface area contributed by atoms with E-state index in [9.17, 15) is 24.9 Å². The minimum Gasteiger partial charge on any atom is -0.511 e. The van der Waals surface area contributed by atoms with E-state index in [0.29, 0.717) is 29.6 Å². The van der Waals surface area contributed by atoms with Crippen molar-refractivity contribution in [1.29, 1.82) is 0 Å². The van der Waals surface area contributed by atoms with Crippen molar-refractivity contribution in [1.82, 2.24) is 0 Å². The Labute approximate surface area is 221 Å². The van der Waals surface area contributed by atoms with Gasteiger partial charge in [-0.2, -0.15) is 0 Å². The second-order valence-electron chi connectivity index (χ2n) is 10.7. The molecule has 3 aliphatic carbocycles. The molecule has 3 aliphatic rings. The van der Waals surface area contributed by atoms with E-state index in [1.165, 1.54) is 0 Å². The summed E-state index contributed by atoms with van der Waals surface area (Å²) in [6.45, 7) is 10.0. The lowest BCUT2D eigenvalue weighted by atomic mass is 9.61. The zero-order chi connectivity index (χ0) is 27.6. The topological polar surface area (TPSA) is 124 Å². The van der Waals surface area contributed by atoms with Crippen molar-refractivity contribution in [3.8, 4) is 11.1 Å². The van der Waals surface area contributed by atoms with Gasteiger partial charge in [0.05, 0.1) is 5.92 Å². The first-order valence-corrected chi connectivity index (χ1v) is 12.6. The number of aliphatic hydroxyl groups excluding tert-OH is 3. The largest absolute Gasteiger partial charge is 0.511 e. The highest BCUT2D eigenvalue weighted by molar-refractivity contribution is 6.19. The zero-order valence-corrected chi connectivity index (χ0v) is 21.8. The molecule has 3 atom stereocenters. The molecule has 7 heteroatoms. The van der Waals surface area contributed by atoms with Crippen molar-refractivity contribution in [2.24, 2.45) is 23.5 Å². The summed E-state index contributed by atoms with van der Waals surface area (Å²) in [5.41, 5.74) is 13.0. The van der Waals surface area contributed by atoms with Crippen molar-refractivity contribution in [3.63, 3.8) is 0 Å². The smallest absolute Gasteiger partial charge is 0.255 e. The molecule has 2 aromatic rings. The Bertz CT molecular complexity index is 1490. The van der Waals surface area contributed by atoms with Gasteiger partial charge < -0.3 is 26.0 Å². The highest BCUT2D eigenvalue weighted by atomic mass is 16.3. The quantitative estimate of drug-likeness (QED) is 0.331. The lowest BCUT2D eigenvalue weighted by molar-refractivity contribution is -0.123. The third-order valence-corrected chi connectivity index (χ3v) is 8.32. The Morgan fingerprint density at radius 1 is 1.11 bits per heavy atom. The summed E-state index contributed by atoms with van der Waals surface area (Å²) in [7, 11) is 3.98. The number of nitrogens with two attached hydrogens (primary N) is 1. The number of Topliss-reactive ketones (excluding diaryl/α,β-unsaturated/α-hetero) is 1. The average Bonchev–Trinajstić information content (AvgIpc) is 2.83. The number of carbonyl (C=O) groups excluding carboxylic acids is 2. The van der Waals surface area contributed by atoms with Gasteiger partial charge in [-0.05, 0) is 71.1 Å². The number of fused-ring (bicyclic) bond motifs is 3. The van der Waals surface area contributed by atoms with E-state index in [2.05, 4.69) is 24.1 Å². The van der Waals surface area contributed by atoms with E-state index in [-0.39, 0.29) is 29.8 Å². The van der Waals surface area contributed by atoms with Gasteiger partial charge in [0, 0.05) is 37.3 Å². The van der Waals surface area contributed by atoms with Gasteiger partial charge in [0.2, 0.25) is 0 Å². The first kappa shape index (κ1) is 25.4. The summed E-state index contributed by atoms with van der Waals surface area (Å²) >= 11 is 0. The summed E-state index contributed by atoms with van der Waals surface area (Å²) in [5.74, 6) is -3.18. The number of primary amides is 1. The van der Waals surface area contributed by atoms with Crippen molar-refractivity contribution in [2.75, 3.05) is 19.0 Å². The molecular weight excluding hydrogens is 480 g/mol. The van der Waals surface area contributed by atoms with Gasteiger partial charge in [0.25, 0.3) is 5.91 Å². The third kappa shape index (κ3) is 3.72. The average molecular weight is 513 g/mol. The van der Waals surface area contributed by atoms with Crippen LogP contribution < -0.4 is 10.6 Å². The minimum absolute atomic E-state index is 0.00587. The van der Waals surface area contributed by atoms with Crippen LogP contribution >= 0.6 is 0 Å². The molecule has 38 heavy (non-hydrogen) atoms. The number of aliphatic hydroxyl groups is 3. The maximum atomic E-state index is 12.6. The van der Waals surface area contributed by atoms with Crippen LogP contribution in [0.4, 0.5) is 5.69 Å². The molecular formula is C31H32N2O5. The molecule has 1 amide bonds. The Hall–Kier alpha value is -4.26. The molecule has 7 nitrogen and oxygen atoms in total. The fraction of sp³-hybridized carbons (Fsp3) is 0.290. The fourth-order valence-electron chi connectivity index (χ4n) is 6.62. The minimum atomic E-state index is -0.981. The van der Waals surface area contributed by atoms with Crippen LogP contribution in [0.25, 0.3) is 22.5 Å². The van der Waals surface area contributed by atoms with Gasteiger partial charge >= 0.3 is 0 Å². The number of rotatable bonds is 4. The van der Waals surface area contributed by atoms with Crippen LogP contribution in [0.5, 0.6) is 0 Å². The molecule has 0 aromatic heterocycles. The van der Waals surface area contributed by atoms with E-state index in [1.807, 2.05) is 45.3 Å². The SMILES string of the molecule is C=C(O)c1ccc(-c2cc(N(C)C)c3c(c2C)C(=C)C2=C(O)C4C(O)=C(C(N)=O)C(=O)CC4CC2C3)cc1. The second-order valence-corrected chi connectivity index (χ2v) is 10.7. The molecule has 3 unspecified atom stereocenters. The Morgan fingerprint density at radius 3 is 2.34 bits per heavy atom. The first-order valence-electron chi connectivity index (χ1n) is 12.6. The number of benzene rings is 2. The van der Waals surface area contributed by atoms with Crippen LogP contribution in [0, 0.1) is 24.7 Å². The molecule has 0 saturated heterocycles. The van der Waals surface area contributed by atoms with Gasteiger partial charge in [-0.25, -0.2) is 0 Å². The molecule has 0 aliphatic heterocycles. The van der Waals surface area contributed by atoms with E-state index >= 15 is 0 Å². The standard InChI is InChI=1S/C31H32N2O5/c1-14-21(18-8-6-17(7-9-18)16(3)34)13-23(33(4)5)22-11-19-10-20-12-24(35)28(31(32)38)30(37)27(20)29(36)26(19)15(2)25(14)22/h6-9,13,19-20,27,34,36-37H,2-3,10-12H2,1,4-5H3,(H2,32,38). The number of allylic oxidation sites excluding steroid dienone is 2. The molecule has 0 fully saturated rings. The van der Waals surface area contributed by atoms with E-state index in [1.54, 1.807) is 0 Å². The molecule has 0 saturated carbocycles. The maximum Gasteiger partial charge on any atom is 0.255 e. The summed E-state index contributed by atoms with van der Waals surface area (Å²) < 4.78 is 0. The molecule has 5 rings (SSSR count). The summed E-state index contributed by atoms with van der Waals surface area (Å²) in [6.07, 6.45) is 1.27. The predicted molar refractivity (Wildman–Crippen MR) is 149 cm³/mol. The van der Waals surface area contributed by atoms with E-state index < -0.39 is 28.9 Å². The van der Waals surface area contributed by atoms with Crippen molar-refractivity contribution in [2.45, 2.75) is 26.2 Å². The monoisotopic (exact) mass is 512 g/mol. The number of hydrogen-bond acceptors (Lipinski definition) is 6. The van der Waals surface area contributed by atoms with Crippen molar-refractivity contribution >= 4 is 28.7 Å². The summed E-state index contributed by atoms with van der Waals surface area (Å²) in [4.78, 5) is 26.5. The van der Waals surface area contributed by atoms with Crippen LogP contribution in [0.1, 0.15) is 35.1 Å². The normalized spacial score (nSPS) is 22.6. The lowest BCUT2D eigenvalue weighted by Crippen LogP contribution is -2.40. The van der Waals surface area contributed by atoms with Gasteiger partial charge in [-0.15, -0.1) is 0 Å². The van der Waals surface area contributed by atoms with Gasteiger partial charge in [-0.3, -0.25) is 9.59 Å². The van der Waals surface area contributed by atoms with Crippen LogP contribution in [0.15, 0.2) is 66.2 Å². The molecule has 0 spiro atoms. The maximum absolute atomic E-state index is 12.6. The Morgan fingerprint density at radius 2 is 1.76 bits per heavy atom. The molecule has 0 heterocycles. The number of nitrogens with zero attached hydrogens (tertiary/aromatic N) is 1. The number of anilines is 1. The van der Waals surface area contributed by atoms with E-state index in [4.69, 9.17) is 5.73 Å². The van der Waals surface area contributed by atoms with E-state index in [0.717, 1.165) is 33.5 Å². The lowest BCUT2D eigenvalue weighted by Gasteiger charge is -2.43. The molecule has 196 valence electrons. The molecule has 0 bridgehead atoms. The zero-order valence-electron chi connectivity index (χ0n) is 21.8. The summed E-state index contributed by atoms with van der Waals surface area (Å²) in [6, 6.07) is 9.68. The Kier molecular flexibility index (Phi) is 5.97. The predicted octanol–water partition coefficient (Wildman–Crippen LogP) is 5.16. The van der Waals surface area contributed by atoms with Crippen LogP contribution in [-0.2, 0) is 16.0 Å². The van der Waals surface area contributed by atoms with Gasteiger partial charge in [0.15, 0.2) is 5.78 Å². The van der Waals surface area contributed by atoms with Gasteiger partial charge in [-0.1, -0.05) is 37.4 Å². The highest BCUT2D eigenvalue weighted by Crippen LogP contribution is 2.54. The number of carbonyl (C=O) groups is 2. The van der Waals surface area contributed by atoms with Crippen LogP contribution in [0.3, 0.4) is 0 Å². The van der Waals surface area contributed by atoms with Crippen LogP contribution in [-0.4, -0.2) is 41.1 Å². The number of ketones is 1. The second kappa shape index (κ2) is 8.94. The Balaban J connectivity index is 1.69. The van der Waals surface area contributed by atoms with Crippen molar-refractivity contribution < 1.29 is 24.9 Å². The van der Waals surface area contributed by atoms with Crippen LogP contribution in [0.2, 0.25) is 0 Å². The van der Waals surface area contributed by atoms with Crippen molar-refractivity contribution in [3.05, 3.63) is 88.4 Å². The molecule has 5 N–H and O–H groups in total. The first-order chi connectivity index (χ1) is 17.9. The molecule has 2 aromatic carbocycles. The highest BCUT2D eigenvalue weighted by Gasteiger charge is 2.48. The number of amides is 1. The number of hydrogen-bond donors (Lipinski definition) is 4. The third-order valence-electron chi connectivity index (χ3n) is 8.32. The van der Waals surface area contributed by atoms with Gasteiger partial charge in [0.1, 0.15) is 22.9 Å².